The molecule has 0 saturated carbocycles. The van der Waals surface area contributed by atoms with Crippen molar-refractivity contribution < 1.29 is 14.2 Å². The van der Waals surface area contributed by atoms with E-state index >= 15 is 0 Å². The average Bonchev–Trinajstić information content (AvgIpc) is 2.52. The number of ether oxygens (including phenoxy) is 3. The van der Waals surface area contributed by atoms with E-state index in [9.17, 15) is 0 Å². The summed E-state index contributed by atoms with van der Waals surface area (Å²) < 4.78 is 16.5. The summed E-state index contributed by atoms with van der Waals surface area (Å²) in [7, 11) is 4.85. The lowest BCUT2D eigenvalue weighted by Gasteiger charge is -2.10. The molecular weight excluding hydrogens is 334 g/mol. The summed E-state index contributed by atoms with van der Waals surface area (Å²) in [5.74, 6) is 2.13. The lowest BCUT2D eigenvalue weighted by Crippen LogP contribution is -1.93. The number of methoxy groups -OCH3 is 3. The van der Waals surface area contributed by atoms with Crippen LogP contribution in [0.1, 0.15) is 5.56 Å². The number of rotatable bonds is 5. The molecule has 0 N–H and O–H groups in total. The fourth-order valence-electron chi connectivity index (χ4n) is 1.83. The highest BCUT2D eigenvalue weighted by molar-refractivity contribution is 9.10. The number of halogens is 1. The van der Waals surface area contributed by atoms with Gasteiger partial charge in [0.2, 0.25) is 0 Å². The first-order valence-corrected chi connectivity index (χ1v) is 7.07. The number of benzene rings is 2. The predicted molar refractivity (Wildman–Crippen MR) is 87.5 cm³/mol. The first-order valence-electron chi connectivity index (χ1n) is 6.27. The van der Waals surface area contributed by atoms with Crippen LogP contribution in [0, 0.1) is 0 Å². The summed E-state index contributed by atoms with van der Waals surface area (Å²) in [6, 6.07) is 11.3. The van der Waals surface area contributed by atoms with Gasteiger partial charge in [0.1, 0.15) is 5.75 Å². The van der Waals surface area contributed by atoms with E-state index in [-0.39, 0.29) is 0 Å². The Balaban J connectivity index is 2.25. The highest BCUT2D eigenvalue weighted by Gasteiger charge is 2.09. The molecule has 0 aliphatic heterocycles. The van der Waals surface area contributed by atoms with Gasteiger partial charge in [0.25, 0.3) is 0 Å². The van der Waals surface area contributed by atoms with Crippen LogP contribution < -0.4 is 14.2 Å². The van der Waals surface area contributed by atoms with Crippen LogP contribution in [0.15, 0.2) is 45.9 Å². The minimum atomic E-state index is 0.656. The van der Waals surface area contributed by atoms with E-state index in [0.29, 0.717) is 11.5 Å². The van der Waals surface area contributed by atoms with Gasteiger partial charge < -0.3 is 14.2 Å². The summed E-state index contributed by atoms with van der Waals surface area (Å²) in [4.78, 5) is 4.43. The minimum Gasteiger partial charge on any atom is -0.497 e. The van der Waals surface area contributed by atoms with Gasteiger partial charge in [-0.3, -0.25) is 4.99 Å². The summed E-state index contributed by atoms with van der Waals surface area (Å²) in [5, 5.41) is 0. The second-order valence-corrected chi connectivity index (χ2v) is 5.05. The minimum absolute atomic E-state index is 0.656. The first-order chi connectivity index (χ1) is 10.2. The molecule has 110 valence electrons. The third kappa shape index (κ3) is 3.76. The Bertz CT molecular complexity index is 639. The number of aliphatic imine (C=N–C) groups is 1. The smallest absolute Gasteiger partial charge is 0.174 e. The Morgan fingerprint density at radius 3 is 2.24 bits per heavy atom. The van der Waals surface area contributed by atoms with Crippen LogP contribution in [-0.2, 0) is 0 Å². The molecule has 0 saturated heterocycles. The van der Waals surface area contributed by atoms with Gasteiger partial charge in [0, 0.05) is 6.21 Å². The Morgan fingerprint density at radius 2 is 1.67 bits per heavy atom. The maximum atomic E-state index is 5.31. The SMILES string of the molecule is COc1ccc(N=Cc2cc(Br)c(OC)c(OC)c2)cc1. The molecule has 2 aromatic carbocycles. The van der Waals surface area contributed by atoms with Gasteiger partial charge in [0.15, 0.2) is 11.5 Å². The maximum absolute atomic E-state index is 5.31. The molecule has 0 atom stereocenters. The van der Waals surface area contributed by atoms with Gasteiger partial charge in [-0.05, 0) is 57.9 Å². The second kappa shape index (κ2) is 7.13. The Hall–Kier alpha value is -2.01. The topological polar surface area (TPSA) is 40.0 Å². The van der Waals surface area contributed by atoms with E-state index in [1.54, 1.807) is 27.5 Å². The highest BCUT2D eigenvalue weighted by atomic mass is 79.9. The van der Waals surface area contributed by atoms with Gasteiger partial charge in [-0.25, -0.2) is 0 Å². The van der Waals surface area contributed by atoms with E-state index in [1.165, 1.54) is 0 Å². The average molecular weight is 350 g/mol. The maximum Gasteiger partial charge on any atom is 0.174 e. The predicted octanol–water partition coefficient (Wildman–Crippen LogP) is 4.23. The van der Waals surface area contributed by atoms with E-state index in [0.717, 1.165) is 21.5 Å². The second-order valence-electron chi connectivity index (χ2n) is 4.19. The van der Waals surface area contributed by atoms with Gasteiger partial charge in [-0.15, -0.1) is 0 Å². The molecule has 4 nitrogen and oxygen atoms in total. The summed E-state index contributed by atoms with van der Waals surface area (Å²) in [6.45, 7) is 0. The molecule has 0 fully saturated rings. The summed E-state index contributed by atoms with van der Waals surface area (Å²) >= 11 is 3.46. The highest BCUT2D eigenvalue weighted by Crippen LogP contribution is 2.35. The van der Waals surface area contributed by atoms with Crippen LogP contribution in [0.4, 0.5) is 5.69 Å². The molecule has 0 amide bonds. The van der Waals surface area contributed by atoms with Crippen molar-refractivity contribution in [1.82, 2.24) is 0 Å². The van der Waals surface area contributed by atoms with Crippen LogP contribution in [0.2, 0.25) is 0 Å². The normalized spacial score (nSPS) is 10.7. The van der Waals surface area contributed by atoms with Crippen LogP contribution in [0.5, 0.6) is 17.2 Å². The summed E-state index contributed by atoms with van der Waals surface area (Å²) in [6.07, 6.45) is 1.77. The van der Waals surface area contributed by atoms with Gasteiger partial charge in [-0.2, -0.15) is 0 Å². The fraction of sp³-hybridized carbons (Fsp3) is 0.188. The van der Waals surface area contributed by atoms with Crippen molar-refractivity contribution in [3.8, 4) is 17.2 Å². The van der Waals surface area contributed by atoms with E-state index in [4.69, 9.17) is 14.2 Å². The third-order valence-electron chi connectivity index (χ3n) is 2.89. The third-order valence-corrected chi connectivity index (χ3v) is 3.48. The monoisotopic (exact) mass is 349 g/mol. The molecule has 0 radical (unpaired) electrons. The van der Waals surface area contributed by atoms with Crippen LogP contribution in [0.25, 0.3) is 0 Å². The zero-order valence-electron chi connectivity index (χ0n) is 12.1. The van der Waals surface area contributed by atoms with E-state index in [1.807, 2.05) is 36.4 Å². The Morgan fingerprint density at radius 1 is 0.952 bits per heavy atom. The quantitative estimate of drug-likeness (QED) is 0.758. The number of hydrogen-bond acceptors (Lipinski definition) is 4. The molecule has 0 bridgehead atoms. The molecule has 0 aromatic heterocycles. The molecular formula is C16H16BrNO3. The van der Waals surface area contributed by atoms with Gasteiger partial charge in [-0.1, -0.05) is 0 Å². The van der Waals surface area contributed by atoms with Gasteiger partial charge in [0.05, 0.1) is 31.5 Å². The van der Waals surface area contributed by atoms with E-state index in [2.05, 4.69) is 20.9 Å². The zero-order chi connectivity index (χ0) is 15.2. The lowest BCUT2D eigenvalue weighted by atomic mass is 10.2. The molecule has 21 heavy (non-hydrogen) atoms. The van der Waals surface area contributed by atoms with Crippen molar-refractivity contribution in [2.24, 2.45) is 4.99 Å². The molecule has 2 aromatic rings. The van der Waals surface area contributed by atoms with Crippen molar-refractivity contribution in [3.63, 3.8) is 0 Å². The molecule has 0 aliphatic rings. The Labute approximate surface area is 132 Å². The summed E-state index contributed by atoms with van der Waals surface area (Å²) in [5.41, 5.74) is 1.76. The zero-order valence-corrected chi connectivity index (χ0v) is 13.7. The first kappa shape index (κ1) is 15.4. The van der Waals surface area contributed by atoms with Gasteiger partial charge >= 0.3 is 0 Å². The molecule has 0 unspecified atom stereocenters. The number of hydrogen-bond donors (Lipinski definition) is 0. The van der Waals surface area contributed by atoms with Crippen molar-refractivity contribution in [2.75, 3.05) is 21.3 Å². The van der Waals surface area contributed by atoms with Crippen LogP contribution >= 0.6 is 15.9 Å². The lowest BCUT2D eigenvalue weighted by molar-refractivity contribution is 0.353. The van der Waals surface area contributed by atoms with Crippen LogP contribution in [-0.4, -0.2) is 27.5 Å². The fourth-order valence-corrected chi connectivity index (χ4v) is 2.45. The molecule has 0 spiro atoms. The van der Waals surface area contributed by atoms with Crippen molar-refractivity contribution in [1.29, 1.82) is 0 Å². The molecule has 0 heterocycles. The van der Waals surface area contributed by atoms with Crippen molar-refractivity contribution >= 4 is 27.8 Å². The largest absolute Gasteiger partial charge is 0.497 e. The van der Waals surface area contributed by atoms with Crippen molar-refractivity contribution in [3.05, 3.63) is 46.4 Å². The molecule has 5 heteroatoms. The van der Waals surface area contributed by atoms with E-state index < -0.39 is 0 Å². The van der Waals surface area contributed by atoms with Crippen LogP contribution in [0.3, 0.4) is 0 Å². The molecule has 2 rings (SSSR count). The number of nitrogens with zero attached hydrogens (tertiary/aromatic N) is 1. The molecule has 0 aliphatic carbocycles. The Kier molecular flexibility index (Phi) is 5.22. The van der Waals surface area contributed by atoms with Crippen molar-refractivity contribution in [2.45, 2.75) is 0 Å². The standard InChI is InChI=1S/C16H16BrNO3/c1-19-13-6-4-12(5-7-13)18-10-11-8-14(17)16(21-3)15(9-11)20-2/h4-10H,1-3H3.